The normalized spacial score (nSPS) is 24.3. The average Bonchev–Trinajstić information content (AvgIpc) is 2.72. The fourth-order valence-electron chi connectivity index (χ4n) is 4.02. The Kier molecular flexibility index (Phi) is 4.07. The number of aromatic nitrogens is 1. The molecule has 1 fully saturated rings. The van der Waals surface area contributed by atoms with E-state index in [1.807, 2.05) is 18.2 Å². The second-order valence-corrected chi connectivity index (χ2v) is 7.77. The van der Waals surface area contributed by atoms with Gasteiger partial charge in [-0.15, -0.1) is 0 Å². The molecule has 2 aromatic rings. The van der Waals surface area contributed by atoms with Crippen molar-refractivity contribution in [2.24, 2.45) is 5.92 Å². The van der Waals surface area contributed by atoms with E-state index in [9.17, 15) is 5.11 Å². The molecule has 1 unspecified atom stereocenters. The molecule has 1 aromatic heterocycles. The van der Waals surface area contributed by atoms with Gasteiger partial charge >= 0.3 is 0 Å². The molecule has 0 amide bonds. The lowest BCUT2D eigenvalue weighted by Crippen LogP contribution is -2.44. The molecule has 1 N–H and O–H groups in total. The molecule has 1 saturated heterocycles. The average molecular weight is 385 g/mol. The van der Waals surface area contributed by atoms with Gasteiger partial charge in [0, 0.05) is 16.6 Å². The molecule has 1 aliphatic heterocycles. The number of hydrogen-bond acceptors (Lipinski definition) is 3. The van der Waals surface area contributed by atoms with E-state index < -0.39 is 5.60 Å². The Morgan fingerprint density at radius 3 is 2.71 bits per heavy atom. The van der Waals surface area contributed by atoms with Crippen molar-refractivity contribution >= 4 is 28.1 Å². The van der Waals surface area contributed by atoms with Crippen molar-refractivity contribution in [3.8, 4) is 0 Å². The summed E-state index contributed by atoms with van der Waals surface area (Å²) in [6, 6.07) is 10.1. The van der Waals surface area contributed by atoms with Gasteiger partial charge in [0.05, 0.1) is 5.69 Å². The zero-order valence-electron chi connectivity index (χ0n) is 13.7. The summed E-state index contributed by atoms with van der Waals surface area (Å²) in [5.74, 6) is 0.162. The number of benzene rings is 1. The zero-order valence-corrected chi connectivity index (χ0v) is 15.3. The monoisotopic (exact) mass is 384 g/mol. The molecule has 24 heavy (non-hydrogen) atoms. The number of hydrogen-bond donors (Lipinski definition) is 1. The van der Waals surface area contributed by atoms with Crippen LogP contribution in [-0.2, 0) is 5.60 Å². The molecule has 0 saturated carbocycles. The first-order chi connectivity index (χ1) is 11.6. The van der Waals surface area contributed by atoms with E-state index >= 15 is 0 Å². The lowest BCUT2D eigenvalue weighted by Gasteiger charge is -2.41. The fraction of sp³-hybridized carbons (Fsp3) is 0.350. The zero-order chi connectivity index (χ0) is 16.7. The van der Waals surface area contributed by atoms with Crippen LogP contribution in [0.1, 0.15) is 35.2 Å². The van der Waals surface area contributed by atoms with Crippen LogP contribution in [0.5, 0.6) is 0 Å². The number of rotatable bonds is 1. The second kappa shape index (κ2) is 6.10. The van der Waals surface area contributed by atoms with Crippen LogP contribution in [0.4, 0.5) is 0 Å². The molecule has 0 radical (unpaired) electrons. The molecule has 1 atom stereocenters. The first-order valence-corrected chi connectivity index (χ1v) is 9.23. The third-order valence-electron chi connectivity index (χ3n) is 5.38. The number of likely N-dealkylation sites (tertiary alicyclic amines) is 1. The quantitative estimate of drug-likeness (QED) is 0.809. The van der Waals surface area contributed by atoms with Crippen LogP contribution in [0.2, 0.25) is 0 Å². The first-order valence-electron chi connectivity index (χ1n) is 8.43. The third-order valence-corrected chi connectivity index (χ3v) is 5.87. The maximum absolute atomic E-state index is 12.0. The second-order valence-electron chi connectivity index (χ2n) is 6.85. The fourth-order valence-corrected chi connectivity index (χ4v) is 4.38. The van der Waals surface area contributed by atoms with Crippen LogP contribution in [0, 0.1) is 5.92 Å². The Labute approximate surface area is 151 Å². The molecule has 1 aliphatic carbocycles. The van der Waals surface area contributed by atoms with Crippen molar-refractivity contribution in [3.63, 3.8) is 0 Å². The number of fused-ring (bicyclic) bond motifs is 2. The van der Waals surface area contributed by atoms with Crippen LogP contribution in [0.15, 0.2) is 41.0 Å². The highest BCUT2D eigenvalue weighted by Gasteiger charge is 2.45. The first kappa shape index (κ1) is 16.0. The van der Waals surface area contributed by atoms with Gasteiger partial charge in [0.1, 0.15) is 5.60 Å². The Morgan fingerprint density at radius 2 is 1.92 bits per heavy atom. The van der Waals surface area contributed by atoms with Crippen LogP contribution >= 0.6 is 15.9 Å². The number of nitrogens with zero attached hydrogens (tertiary/aromatic N) is 2. The minimum absolute atomic E-state index is 0.162. The van der Waals surface area contributed by atoms with Crippen LogP contribution in [-0.4, -0.2) is 35.1 Å². The summed E-state index contributed by atoms with van der Waals surface area (Å²) in [6.07, 6.45) is 7.89. The smallest absolute Gasteiger partial charge is 0.135 e. The third kappa shape index (κ3) is 2.53. The Bertz CT molecular complexity index is 796. The highest BCUT2D eigenvalue weighted by molar-refractivity contribution is 9.10. The van der Waals surface area contributed by atoms with E-state index in [1.165, 1.54) is 0 Å². The van der Waals surface area contributed by atoms with E-state index in [0.29, 0.717) is 0 Å². The predicted molar refractivity (Wildman–Crippen MR) is 101 cm³/mol. The van der Waals surface area contributed by atoms with Gasteiger partial charge in [0.25, 0.3) is 0 Å². The van der Waals surface area contributed by atoms with Gasteiger partial charge in [0.15, 0.2) is 0 Å². The minimum Gasteiger partial charge on any atom is -0.378 e. The summed E-state index contributed by atoms with van der Waals surface area (Å²) in [4.78, 5) is 6.95. The van der Waals surface area contributed by atoms with Gasteiger partial charge in [-0.05, 0) is 67.9 Å². The predicted octanol–water partition coefficient (Wildman–Crippen LogP) is 3.91. The molecule has 2 aliphatic rings. The largest absolute Gasteiger partial charge is 0.378 e. The van der Waals surface area contributed by atoms with E-state index in [1.54, 1.807) is 6.20 Å². The number of piperidine rings is 1. The molecule has 4 heteroatoms. The number of halogens is 1. The van der Waals surface area contributed by atoms with Crippen molar-refractivity contribution in [1.82, 2.24) is 9.88 Å². The maximum atomic E-state index is 12.0. The van der Waals surface area contributed by atoms with Crippen molar-refractivity contribution in [2.75, 3.05) is 20.1 Å². The van der Waals surface area contributed by atoms with Gasteiger partial charge in [-0.25, -0.2) is 0 Å². The Hall–Kier alpha value is -1.49. The molecule has 1 aromatic carbocycles. The van der Waals surface area contributed by atoms with E-state index in [0.717, 1.165) is 52.8 Å². The molecule has 0 bridgehead atoms. The molecule has 2 heterocycles. The molecular formula is C20H21BrN2O. The Balaban J connectivity index is 1.94. The minimum atomic E-state index is -1.06. The van der Waals surface area contributed by atoms with Crippen molar-refractivity contribution in [2.45, 2.75) is 18.4 Å². The highest BCUT2D eigenvalue weighted by atomic mass is 79.9. The van der Waals surface area contributed by atoms with Crippen LogP contribution < -0.4 is 0 Å². The van der Waals surface area contributed by atoms with Crippen LogP contribution in [0.25, 0.3) is 12.2 Å². The van der Waals surface area contributed by atoms with Crippen molar-refractivity contribution in [3.05, 3.63) is 63.4 Å². The van der Waals surface area contributed by atoms with Gasteiger partial charge < -0.3 is 10.0 Å². The number of pyridine rings is 1. The van der Waals surface area contributed by atoms with E-state index in [4.69, 9.17) is 0 Å². The summed E-state index contributed by atoms with van der Waals surface area (Å²) in [5, 5.41) is 12.0. The van der Waals surface area contributed by atoms with E-state index in [2.05, 4.69) is 57.1 Å². The van der Waals surface area contributed by atoms with Gasteiger partial charge in [-0.3, -0.25) is 4.98 Å². The van der Waals surface area contributed by atoms with Crippen molar-refractivity contribution < 1.29 is 5.11 Å². The van der Waals surface area contributed by atoms with Gasteiger partial charge in [-0.2, -0.15) is 0 Å². The van der Waals surface area contributed by atoms with Gasteiger partial charge in [-0.1, -0.05) is 40.2 Å². The summed E-state index contributed by atoms with van der Waals surface area (Å²) < 4.78 is 0.986. The Morgan fingerprint density at radius 1 is 1.17 bits per heavy atom. The lowest BCUT2D eigenvalue weighted by molar-refractivity contribution is -0.0145. The highest BCUT2D eigenvalue weighted by Crippen LogP contribution is 2.46. The maximum Gasteiger partial charge on any atom is 0.135 e. The summed E-state index contributed by atoms with van der Waals surface area (Å²) in [7, 11) is 2.14. The molecular weight excluding hydrogens is 364 g/mol. The molecule has 0 spiro atoms. The molecule has 124 valence electrons. The summed E-state index contributed by atoms with van der Waals surface area (Å²) >= 11 is 3.58. The lowest BCUT2D eigenvalue weighted by atomic mass is 9.72. The molecule has 4 rings (SSSR count). The summed E-state index contributed by atoms with van der Waals surface area (Å²) in [6.45, 7) is 2.01. The van der Waals surface area contributed by atoms with E-state index in [-0.39, 0.29) is 5.92 Å². The van der Waals surface area contributed by atoms with Gasteiger partial charge in [0.2, 0.25) is 0 Å². The van der Waals surface area contributed by atoms with Crippen LogP contribution in [0.3, 0.4) is 0 Å². The van der Waals surface area contributed by atoms with Crippen molar-refractivity contribution in [1.29, 1.82) is 0 Å². The summed E-state index contributed by atoms with van der Waals surface area (Å²) in [5.41, 5.74) is 2.76. The molecule has 3 nitrogen and oxygen atoms in total. The standard InChI is InChI=1S/C20H21BrN2O/c1-23-11-8-16(9-12-23)20(24)18-13-17(21)7-6-14(18)4-5-15-3-2-10-22-19(15)20/h2-7,10,13,16,24H,8-9,11-12H2,1H3. The topological polar surface area (TPSA) is 36.4 Å². The SMILES string of the molecule is CN1CCC(C2(O)c3cc(Br)ccc3C=Cc3cccnc32)CC1. The number of aliphatic hydroxyl groups is 1.